The van der Waals surface area contributed by atoms with Crippen LogP contribution in [-0.4, -0.2) is 94.4 Å². The first-order valence-corrected chi connectivity index (χ1v) is 14.1. The van der Waals surface area contributed by atoms with E-state index < -0.39 is 6.03 Å². The average Bonchev–Trinajstić information content (AvgIpc) is 3.59. The lowest BCUT2D eigenvalue weighted by Crippen LogP contribution is -2.49. The van der Waals surface area contributed by atoms with Crippen LogP contribution in [0.4, 0.5) is 16.4 Å². The fraction of sp³-hybridized carbons (Fsp3) is 0.300. The number of ketones is 1. The summed E-state index contributed by atoms with van der Waals surface area (Å²) in [5.74, 6) is 0.625. The lowest BCUT2D eigenvalue weighted by atomic mass is 10.0. The second-order valence-corrected chi connectivity index (χ2v) is 10.6. The third-order valence-corrected chi connectivity index (χ3v) is 7.92. The zero-order chi connectivity index (χ0) is 28.5. The van der Waals surface area contributed by atoms with E-state index in [1.54, 1.807) is 23.5 Å². The Morgan fingerprint density at radius 3 is 2.43 bits per heavy atom. The van der Waals surface area contributed by atoms with E-state index in [9.17, 15) is 9.59 Å². The fourth-order valence-electron chi connectivity index (χ4n) is 5.75. The number of amides is 2. The number of nitrogens with one attached hydrogen (secondary N) is 3. The molecule has 12 nitrogen and oxygen atoms in total. The number of hydrazine groups is 1. The van der Waals surface area contributed by atoms with Gasteiger partial charge in [0.15, 0.2) is 5.78 Å². The topological polar surface area (TPSA) is 132 Å². The number of carbonyl (C=O) groups excluding carboxylic acids is 2. The van der Waals surface area contributed by atoms with Crippen molar-refractivity contribution < 1.29 is 14.3 Å². The SMILES string of the molecule is O=C(Nc1cccc2c1C(=O)c1c-2n[nH]c1-c1ccc(CN2CCN(c3ncccn3)CC2)cc1)NN1CCOCC1. The summed E-state index contributed by atoms with van der Waals surface area (Å²) < 4.78 is 5.33. The minimum atomic E-state index is -0.394. The van der Waals surface area contributed by atoms with Gasteiger partial charge in [-0.15, -0.1) is 0 Å². The number of hydrogen-bond acceptors (Lipinski definition) is 9. The molecule has 2 amide bonds. The highest BCUT2D eigenvalue weighted by atomic mass is 16.5. The van der Waals surface area contributed by atoms with Crippen molar-refractivity contribution in [1.29, 1.82) is 0 Å². The van der Waals surface area contributed by atoms with Gasteiger partial charge in [-0.25, -0.2) is 19.8 Å². The molecule has 3 N–H and O–H groups in total. The van der Waals surface area contributed by atoms with E-state index in [-0.39, 0.29) is 5.78 Å². The maximum absolute atomic E-state index is 13.7. The molecule has 0 radical (unpaired) electrons. The Hall–Kier alpha value is -4.65. The molecule has 4 heterocycles. The van der Waals surface area contributed by atoms with E-state index in [1.807, 2.05) is 30.3 Å². The summed E-state index contributed by atoms with van der Waals surface area (Å²) in [6, 6.07) is 15.1. The second kappa shape index (κ2) is 11.3. The molecule has 42 heavy (non-hydrogen) atoms. The number of benzene rings is 2. The van der Waals surface area contributed by atoms with Crippen LogP contribution in [0.5, 0.6) is 0 Å². The van der Waals surface area contributed by atoms with E-state index in [1.165, 1.54) is 5.56 Å². The van der Waals surface area contributed by atoms with Crippen molar-refractivity contribution in [3.8, 4) is 22.5 Å². The van der Waals surface area contributed by atoms with Gasteiger partial charge in [0.1, 0.15) is 5.69 Å². The number of morpholine rings is 1. The Labute approximate surface area is 242 Å². The monoisotopic (exact) mass is 565 g/mol. The van der Waals surface area contributed by atoms with Crippen LogP contribution in [0.2, 0.25) is 0 Å². The molecule has 0 saturated carbocycles. The molecule has 0 spiro atoms. The first-order chi connectivity index (χ1) is 20.6. The van der Waals surface area contributed by atoms with Crippen LogP contribution in [0.25, 0.3) is 22.5 Å². The largest absolute Gasteiger partial charge is 0.379 e. The number of nitrogens with zero attached hydrogens (tertiary/aromatic N) is 6. The van der Waals surface area contributed by atoms with Gasteiger partial charge in [-0.1, -0.05) is 36.4 Å². The summed E-state index contributed by atoms with van der Waals surface area (Å²) in [7, 11) is 0. The first-order valence-electron chi connectivity index (χ1n) is 14.1. The van der Waals surface area contributed by atoms with Crippen molar-refractivity contribution in [1.82, 2.24) is 35.5 Å². The maximum atomic E-state index is 13.7. The van der Waals surface area contributed by atoms with E-state index in [0.29, 0.717) is 60.1 Å². The van der Waals surface area contributed by atoms with Crippen molar-refractivity contribution in [3.63, 3.8) is 0 Å². The van der Waals surface area contributed by atoms with Gasteiger partial charge in [0.05, 0.1) is 35.7 Å². The van der Waals surface area contributed by atoms with Gasteiger partial charge in [-0.3, -0.25) is 20.2 Å². The number of piperazine rings is 1. The standard InChI is InChI=1S/C30H31N9O3/c40-28-24-22(3-1-4-23(24)33-30(41)36-39-15-17-42-18-16-39)27-25(28)26(34-35-27)21-7-5-20(6-8-21)19-37-11-13-38(14-12-37)29-31-9-2-10-32-29/h1-10H,11-19H2,(H,34,35)(H2,33,36,41). The fourth-order valence-corrected chi connectivity index (χ4v) is 5.75. The molecular formula is C30H31N9O3. The molecule has 1 aliphatic carbocycles. The molecule has 214 valence electrons. The number of aromatic amines is 1. The maximum Gasteiger partial charge on any atom is 0.333 e. The molecule has 2 saturated heterocycles. The van der Waals surface area contributed by atoms with Gasteiger partial charge in [-0.2, -0.15) is 5.10 Å². The molecule has 3 aliphatic rings. The van der Waals surface area contributed by atoms with Crippen LogP contribution in [0.1, 0.15) is 21.5 Å². The molecule has 0 atom stereocenters. The summed E-state index contributed by atoms with van der Waals surface area (Å²) in [5.41, 5.74) is 8.35. The number of hydrogen-bond donors (Lipinski definition) is 3. The summed E-state index contributed by atoms with van der Waals surface area (Å²) in [6.07, 6.45) is 3.55. The third kappa shape index (κ3) is 5.11. The molecule has 4 aromatic rings. The van der Waals surface area contributed by atoms with Gasteiger partial charge in [0.2, 0.25) is 5.95 Å². The minimum absolute atomic E-state index is 0.157. The summed E-state index contributed by atoms with van der Waals surface area (Å²) in [5, 5.41) is 12.2. The van der Waals surface area contributed by atoms with Crippen molar-refractivity contribution in [3.05, 3.63) is 77.6 Å². The number of rotatable bonds is 6. The quantitative estimate of drug-likeness (QED) is 0.284. The van der Waals surface area contributed by atoms with Gasteiger partial charge in [0, 0.05) is 69.3 Å². The van der Waals surface area contributed by atoms with E-state index in [4.69, 9.17) is 4.74 Å². The molecule has 0 unspecified atom stereocenters. The summed E-state index contributed by atoms with van der Waals surface area (Å²) >= 11 is 0. The van der Waals surface area contributed by atoms with Crippen LogP contribution in [0, 0.1) is 0 Å². The number of fused-ring (bicyclic) bond motifs is 3. The minimum Gasteiger partial charge on any atom is -0.379 e. The smallest absolute Gasteiger partial charge is 0.333 e. The molecular weight excluding hydrogens is 534 g/mol. The molecule has 7 rings (SSSR count). The van der Waals surface area contributed by atoms with E-state index in [0.717, 1.165) is 44.2 Å². The van der Waals surface area contributed by atoms with Crippen LogP contribution in [-0.2, 0) is 11.3 Å². The number of H-pyrrole nitrogens is 1. The van der Waals surface area contributed by atoms with Crippen molar-refractivity contribution in [2.24, 2.45) is 0 Å². The summed E-state index contributed by atoms with van der Waals surface area (Å²) in [6.45, 7) is 6.82. The number of urea groups is 1. The van der Waals surface area contributed by atoms with Gasteiger partial charge in [0.25, 0.3) is 0 Å². The van der Waals surface area contributed by atoms with Gasteiger partial charge < -0.3 is 15.0 Å². The van der Waals surface area contributed by atoms with Crippen molar-refractivity contribution >= 4 is 23.5 Å². The Kier molecular flexibility index (Phi) is 7.08. The van der Waals surface area contributed by atoms with E-state index >= 15 is 0 Å². The van der Waals surface area contributed by atoms with Crippen molar-refractivity contribution in [2.45, 2.75) is 6.54 Å². The number of aromatic nitrogens is 4. The average molecular weight is 566 g/mol. The predicted molar refractivity (Wildman–Crippen MR) is 157 cm³/mol. The molecule has 2 aromatic heterocycles. The lowest BCUT2D eigenvalue weighted by Gasteiger charge is -2.34. The first kappa shape index (κ1) is 26.3. The number of carbonyl (C=O) groups is 2. The molecule has 0 bridgehead atoms. The zero-order valence-electron chi connectivity index (χ0n) is 23.0. The highest BCUT2D eigenvalue weighted by molar-refractivity contribution is 6.26. The van der Waals surface area contributed by atoms with Crippen LogP contribution >= 0.6 is 0 Å². The zero-order valence-corrected chi connectivity index (χ0v) is 23.0. The predicted octanol–water partition coefficient (Wildman–Crippen LogP) is 2.77. The summed E-state index contributed by atoms with van der Waals surface area (Å²) in [4.78, 5) is 39.8. The Bertz CT molecular complexity index is 1590. The second-order valence-electron chi connectivity index (χ2n) is 10.6. The highest BCUT2D eigenvalue weighted by Crippen LogP contribution is 2.42. The molecule has 2 aliphatic heterocycles. The van der Waals surface area contributed by atoms with Gasteiger partial charge in [-0.05, 0) is 17.7 Å². The Morgan fingerprint density at radius 2 is 1.67 bits per heavy atom. The van der Waals surface area contributed by atoms with Crippen LogP contribution in [0.3, 0.4) is 0 Å². The van der Waals surface area contributed by atoms with Crippen LogP contribution in [0.15, 0.2) is 60.9 Å². The van der Waals surface area contributed by atoms with Gasteiger partial charge >= 0.3 is 6.03 Å². The van der Waals surface area contributed by atoms with Crippen LogP contribution < -0.4 is 15.6 Å². The number of anilines is 2. The Morgan fingerprint density at radius 1 is 0.905 bits per heavy atom. The highest BCUT2D eigenvalue weighted by Gasteiger charge is 2.35. The molecule has 2 fully saturated rings. The number of ether oxygens (including phenoxy) is 1. The lowest BCUT2D eigenvalue weighted by molar-refractivity contribution is 0.0207. The third-order valence-electron chi connectivity index (χ3n) is 7.92. The Balaban J connectivity index is 1.03. The van der Waals surface area contributed by atoms with Crippen molar-refractivity contribution in [2.75, 3.05) is 62.7 Å². The van der Waals surface area contributed by atoms with E-state index in [2.05, 4.69) is 52.8 Å². The normalized spacial score (nSPS) is 17.1. The molecule has 2 aromatic carbocycles. The molecule has 12 heteroatoms.